The number of nitrogens with two attached hydrogens (primary N) is 1. The van der Waals surface area contributed by atoms with E-state index in [-0.39, 0.29) is 0 Å². The summed E-state index contributed by atoms with van der Waals surface area (Å²) in [7, 11) is 1.34. The number of carbonyl (C=O) groups is 1. The minimum Gasteiger partial charge on any atom is -0.487 e. The molecule has 2 N–H and O–H groups in total. The van der Waals surface area contributed by atoms with Gasteiger partial charge < -0.3 is 15.2 Å². The molecule has 1 aromatic carbocycles. The van der Waals surface area contributed by atoms with Crippen LogP contribution in [0.5, 0.6) is 5.75 Å². The first-order valence-corrected chi connectivity index (χ1v) is 6.59. The molecule has 0 aliphatic rings. The molecule has 110 valence electrons. The van der Waals surface area contributed by atoms with Gasteiger partial charge in [-0.1, -0.05) is 17.7 Å². The Bertz CT molecular complexity index is 624. The van der Waals surface area contributed by atoms with Gasteiger partial charge in [-0.25, -0.2) is 4.79 Å². The summed E-state index contributed by atoms with van der Waals surface area (Å²) in [6.07, 6.45) is 1.48. The number of methoxy groups -OCH3 is 1. The van der Waals surface area contributed by atoms with E-state index in [4.69, 9.17) is 10.5 Å². The van der Waals surface area contributed by atoms with E-state index in [9.17, 15) is 4.79 Å². The Hall–Kier alpha value is -2.40. The molecule has 0 aliphatic carbocycles. The van der Waals surface area contributed by atoms with Crippen LogP contribution < -0.4 is 10.5 Å². The average Bonchev–Trinajstić information content (AvgIpc) is 2.53. The highest BCUT2D eigenvalue weighted by Gasteiger charge is 2.07. The van der Waals surface area contributed by atoms with Gasteiger partial charge in [0, 0.05) is 18.3 Å². The van der Waals surface area contributed by atoms with E-state index in [1.54, 1.807) is 12.1 Å². The third-order valence-corrected chi connectivity index (χ3v) is 3.06. The SMILES string of the molecule is COC(=O)c1ccc(COc2ccc(C)cc2CN)nc1. The summed E-state index contributed by atoms with van der Waals surface area (Å²) in [4.78, 5) is 15.5. The first-order chi connectivity index (χ1) is 10.1. The van der Waals surface area contributed by atoms with E-state index < -0.39 is 5.97 Å². The molecule has 1 aromatic heterocycles. The van der Waals surface area contributed by atoms with Crippen LogP contribution in [0, 0.1) is 6.92 Å². The van der Waals surface area contributed by atoms with Gasteiger partial charge in [-0.15, -0.1) is 0 Å². The summed E-state index contributed by atoms with van der Waals surface area (Å²) in [6.45, 7) is 2.75. The zero-order valence-corrected chi connectivity index (χ0v) is 12.1. The lowest BCUT2D eigenvalue weighted by atomic mass is 10.1. The third-order valence-electron chi connectivity index (χ3n) is 3.06. The van der Waals surface area contributed by atoms with Crippen molar-refractivity contribution in [3.05, 3.63) is 58.9 Å². The number of carbonyl (C=O) groups excluding carboxylic acids is 1. The van der Waals surface area contributed by atoms with E-state index in [0.29, 0.717) is 18.7 Å². The zero-order chi connectivity index (χ0) is 15.2. The van der Waals surface area contributed by atoms with Gasteiger partial charge in [0.05, 0.1) is 18.4 Å². The predicted molar refractivity (Wildman–Crippen MR) is 79.0 cm³/mol. The van der Waals surface area contributed by atoms with Gasteiger partial charge >= 0.3 is 5.97 Å². The average molecular weight is 286 g/mol. The second-order valence-electron chi connectivity index (χ2n) is 4.63. The normalized spacial score (nSPS) is 10.2. The highest BCUT2D eigenvalue weighted by molar-refractivity contribution is 5.88. The molecule has 0 radical (unpaired) electrons. The van der Waals surface area contributed by atoms with Gasteiger partial charge in [-0.2, -0.15) is 0 Å². The van der Waals surface area contributed by atoms with E-state index in [1.165, 1.54) is 13.3 Å². The van der Waals surface area contributed by atoms with Crippen molar-refractivity contribution in [2.45, 2.75) is 20.1 Å². The molecule has 0 spiro atoms. The van der Waals surface area contributed by atoms with Gasteiger partial charge in [-0.3, -0.25) is 4.98 Å². The molecule has 0 fully saturated rings. The molecule has 21 heavy (non-hydrogen) atoms. The smallest absolute Gasteiger partial charge is 0.339 e. The summed E-state index contributed by atoms with van der Waals surface area (Å²) in [5.41, 5.74) is 8.96. The number of hydrogen-bond donors (Lipinski definition) is 1. The third kappa shape index (κ3) is 3.79. The number of rotatable bonds is 5. The number of aromatic nitrogens is 1. The number of pyridine rings is 1. The van der Waals surface area contributed by atoms with Crippen LogP contribution in [0.15, 0.2) is 36.5 Å². The van der Waals surface area contributed by atoms with Crippen LogP contribution in [-0.2, 0) is 17.9 Å². The van der Waals surface area contributed by atoms with Crippen molar-refractivity contribution in [1.82, 2.24) is 4.98 Å². The number of aryl methyl sites for hydroxylation is 1. The van der Waals surface area contributed by atoms with Crippen LogP contribution in [0.4, 0.5) is 0 Å². The highest BCUT2D eigenvalue weighted by Crippen LogP contribution is 2.20. The summed E-state index contributed by atoms with van der Waals surface area (Å²) < 4.78 is 10.4. The molecule has 5 heteroatoms. The fourth-order valence-electron chi connectivity index (χ4n) is 1.91. The fraction of sp³-hybridized carbons (Fsp3) is 0.250. The van der Waals surface area contributed by atoms with E-state index in [0.717, 1.165) is 22.6 Å². The summed E-state index contributed by atoms with van der Waals surface area (Å²) in [5, 5.41) is 0. The molecule has 0 atom stereocenters. The number of nitrogens with zero attached hydrogens (tertiary/aromatic N) is 1. The molecule has 2 rings (SSSR count). The molecular formula is C16H18N2O3. The van der Waals surface area contributed by atoms with Crippen LogP contribution in [0.3, 0.4) is 0 Å². The number of benzene rings is 1. The maximum absolute atomic E-state index is 11.3. The van der Waals surface area contributed by atoms with Crippen LogP contribution in [-0.4, -0.2) is 18.1 Å². The van der Waals surface area contributed by atoms with E-state index in [1.807, 2.05) is 25.1 Å². The van der Waals surface area contributed by atoms with Crippen LogP contribution in [0.25, 0.3) is 0 Å². The van der Waals surface area contributed by atoms with Gasteiger partial charge in [0.1, 0.15) is 12.4 Å². The Labute approximate surface area is 123 Å². The Balaban J connectivity index is 2.05. The lowest BCUT2D eigenvalue weighted by molar-refractivity contribution is 0.0600. The molecule has 1 heterocycles. The second kappa shape index (κ2) is 6.85. The zero-order valence-electron chi connectivity index (χ0n) is 12.1. The Morgan fingerprint density at radius 2 is 2.10 bits per heavy atom. The molecule has 0 saturated heterocycles. The van der Waals surface area contributed by atoms with Crippen molar-refractivity contribution < 1.29 is 14.3 Å². The van der Waals surface area contributed by atoms with Crippen LogP contribution in [0.2, 0.25) is 0 Å². The van der Waals surface area contributed by atoms with Gasteiger partial charge in [0.15, 0.2) is 0 Å². The van der Waals surface area contributed by atoms with E-state index >= 15 is 0 Å². The van der Waals surface area contributed by atoms with Crippen molar-refractivity contribution >= 4 is 5.97 Å². The summed E-state index contributed by atoms with van der Waals surface area (Å²) in [6, 6.07) is 9.28. The maximum Gasteiger partial charge on any atom is 0.339 e. The van der Waals surface area contributed by atoms with Crippen molar-refractivity contribution in [3.63, 3.8) is 0 Å². The van der Waals surface area contributed by atoms with Crippen LogP contribution in [0.1, 0.15) is 27.2 Å². The van der Waals surface area contributed by atoms with Crippen LogP contribution >= 0.6 is 0 Å². The quantitative estimate of drug-likeness (QED) is 0.853. The molecule has 5 nitrogen and oxygen atoms in total. The first-order valence-electron chi connectivity index (χ1n) is 6.59. The molecule has 0 saturated carbocycles. The topological polar surface area (TPSA) is 74.4 Å². The van der Waals surface area contributed by atoms with Gasteiger partial charge in [0.2, 0.25) is 0 Å². The van der Waals surface area contributed by atoms with Crippen molar-refractivity contribution in [2.75, 3.05) is 7.11 Å². The monoisotopic (exact) mass is 286 g/mol. The first kappa shape index (κ1) is 15.0. The molecule has 0 bridgehead atoms. The molecule has 2 aromatic rings. The number of ether oxygens (including phenoxy) is 2. The Morgan fingerprint density at radius 1 is 1.29 bits per heavy atom. The largest absolute Gasteiger partial charge is 0.487 e. The maximum atomic E-state index is 11.3. The highest BCUT2D eigenvalue weighted by atomic mass is 16.5. The molecular weight excluding hydrogens is 268 g/mol. The van der Waals surface area contributed by atoms with Crippen molar-refractivity contribution in [3.8, 4) is 5.75 Å². The lowest BCUT2D eigenvalue weighted by Gasteiger charge is -2.11. The number of esters is 1. The second-order valence-corrected chi connectivity index (χ2v) is 4.63. The predicted octanol–water partition coefficient (Wildman–Crippen LogP) is 2.21. The minimum absolute atomic E-state index is 0.317. The summed E-state index contributed by atoms with van der Waals surface area (Å²) >= 11 is 0. The van der Waals surface area contributed by atoms with E-state index in [2.05, 4.69) is 9.72 Å². The van der Waals surface area contributed by atoms with Gasteiger partial charge in [0.25, 0.3) is 0 Å². The fourth-order valence-corrected chi connectivity index (χ4v) is 1.91. The summed E-state index contributed by atoms with van der Waals surface area (Å²) in [5.74, 6) is 0.348. The van der Waals surface area contributed by atoms with Gasteiger partial charge in [-0.05, 0) is 25.1 Å². The minimum atomic E-state index is -0.404. The lowest BCUT2D eigenvalue weighted by Crippen LogP contribution is -2.06. The standard InChI is InChI=1S/C16H18N2O3/c1-11-3-6-15(13(7-11)8-17)21-10-14-5-4-12(9-18-14)16(19)20-2/h3-7,9H,8,10,17H2,1-2H3. The molecule has 0 unspecified atom stereocenters. The number of hydrogen-bond acceptors (Lipinski definition) is 5. The molecule has 0 aliphatic heterocycles. The Morgan fingerprint density at radius 3 is 2.71 bits per heavy atom. The van der Waals surface area contributed by atoms with Crippen molar-refractivity contribution in [1.29, 1.82) is 0 Å². The van der Waals surface area contributed by atoms with Crippen molar-refractivity contribution in [2.24, 2.45) is 5.73 Å². The molecule has 0 amide bonds. The Kier molecular flexibility index (Phi) is 4.90.